The van der Waals surface area contributed by atoms with Gasteiger partial charge in [0.1, 0.15) is 4.90 Å². The number of nitrogens with zero attached hydrogens (tertiary/aromatic N) is 2. The lowest BCUT2D eigenvalue weighted by Gasteiger charge is -2.19. The summed E-state index contributed by atoms with van der Waals surface area (Å²) in [4.78, 5) is 0.285. The predicted octanol–water partition coefficient (Wildman–Crippen LogP) is 1.66. The molecule has 0 fully saturated rings. The summed E-state index contributed by atoms with van der Waals surface area (Å²) in [5, 5.41) is 9.56. The van der Waals surface area contributed by atoms with Crippen molar-refractivity contribution in [2.24, 2.45) is 0 Å². The second kappa shape index (κ2) is 6.06. The third kappa shape index (κ3) is 3.00. The molecule has 0 unspecified atom stereocenters. The van der Waals surface area contributed by atoms with Crippen molar-refractivity contribution >= 4 is 15.7 Å². The van der Waals surface area contributed by atoms with Crippen molar-refractivity contribution in [1.29, 1.82) is 0 Å². The topological polar surface area (TPSA) is 78.1 Å². The number of anilines is 1. The third-order valence-corrected chi connectivity index (χ3v) is 4.76. The van der Waals surface area contributed by atoms with E-state index in [1.807, 2.05) is 13.0 Å². The number of para-hydroxylation sites is 1. The summed E-state index contributed by atoms with van der Waals surface area (Å²) in [5.74, 6) is 0. The van der Waals surface area contributed by atoms with Crippen LogP contribution in [0, 0.1) is 0 Å². The SMILES string of the molecule is CCNc1ccccc1S(=O)(=O)N(C)Cc1cn[nH]c1. The first-order valence-corrected chi connectivity index (χ1v) is 7.76. The van der Waals surface area contributed by atoms with Crippen LogP contribution in [0.25, 0.3) is 0 Å². The quantitative estimate of drug-likeness (QED) is 0.849. The van der Waals surface area contributed by atoms with Gasteiger partial charge in [0.2, 0.25) is 10.0 Å². The molecule has 0 bridgehead atoms. The van der Waals surface area contributed by atoms with Crippen molar-refractivity contribution in [1.82, 2.24) is 14.5 Å². The van der Waals surface area contributed by atoms with Crippen molar-refractivity contribution in [3.8, 4) is 0 Å². The normalized spacial score (nSPS) is 11.8. The largest absolute Gasteiger partial charge is 0.384 e. The van der Waals surface area contributed by atoms with E-state index in [0.29, 0.717) is 12.2 Å². The van der Waals surface area contributed by atoms with Gasteiger partial charge in [-0.3, -0.25) is 5.10 Å². The Balaban J connectivity index is 2.30. The van der Waals surface area contributed by atoms with Crippen molar-refractivity contribution in [2.75, 3.05) is 18.9 Å². The van der Waals surface area contributed by atoms with E-state index in [2.05, 4.69) is 15.5 Å². The lowest BCUT2D eigenvalue weighted by molar-refractivity contribution is 0.467. The molecule has 20 heavy (non-hydrogen) atoms. The Bertz CT molecular complexity index is 653. The molecule has 6 nitrogen and oxygen atoms in total. The van der Waals surface area contributed by atoms with Gasteiger partial charge in [-0.05, 0) is 19.1 Å². The standard InChI is InChI=1S/C13H18N4O2S/c1-3-14-12-6-4-5-7-13(12)20(18,19)17(2)10-11-8-15-16-9-11/h4-9,14H,3,10H2,1-2H3,(H,15,16). The van der Waals surface area contributed by atoms with Gasteiger partial charge < -0.3 is 5.32 Å². The highest BCUT2D eigenvalue weighted by Gasteiger charge is 2.23. The summed E-state index contributed by atoms with van der Waals surface area (Å²) >= 11 is 0. The van der Waals surface area contributed by atoms with Crippen LogP contribution in [0.4, 0.5) is 5.69 Å². The molecule has 0 aliphatic heterocycles. The second-order valence-electron chi connectivity index (χ2n) is 4.39. The molecule has 108 valence electrons. The van der Waals surface area contributed by atoms with Gasteiger partial charge in [-0.2, -0.15) is 9.40 Å². The molecule has 0 radical (unpaired) electrons. The van der Waals surface area contributed by atoms with Crippen LogP contribution >= 0.6 is 0 Å². The zero-order valence-corrected chi connectivity index (χ0v) is 12.3. The fourth-order valence-corrected chi connectivity index (χ4v) is 3.23. The molecule has 1 aromatic carbocycles. The van der Waals surface area contributed by atoms with Gasteiger partial charge in [-0.15, -0.1) is 0 Å². The van der Waals surface area contributed by atoms with Crippen LogP contribution in [0.1, 0.15) is 12.5 Å². The van der Waals surface area contributed by atoms with E-state index in [0.717, 1.165) is 5.56 Å². The Morgan fingerprint density at radius 1 is 1.35 bits per heavy atom. The van der Waals surface area contributed by atoms with Gasteiger partial charge in [0.25, 0.3) is 0 Å². The molecule has 0 atom stereocenters. The van der Waals surface area contributed by atoms with Crippen LogP contribution in [0.15, 0.2) is 41.6 Å². The average Bonchev–Trinajstić information content (AvgIpc) is 2.92. The Morgan fingerprint density at radius 2 is 2.10 bits per heavy atom. The minimum absolute atomic E-state index is 0.277. The number of H-pyrrole nitrogens is 1. The molecule has 0 aliphatic rings. The first-order chi connectivity index (χ1) is 9.55. The number of aromatic nitrogens is 2. The second-order valence-corrected chi connectivity index (χ2v) is 6.41. The number of hydrogen-bond acceptors (Lipinski definition) is 4. The van der Waals surface area contributed by atoms with E-state index >= 15 is 0 Å². The van der Waals surface area contributed by atoms with E-state index in [9.17, 15) is 8.42 Å². The van der Waals surface area contributed by atoms with E-state index in [1.54, 1.807) is 37.6 Å². The highest BCUT2D eigenvalue weighted by atomic mass is 32.2. The molecular formula is C13H18N4O2S. The first kappa shape index (κ1) is 14.5. The molecule has 1 heterocycles. The van der Waals surface area contributed by atoms with Crippen LogP contribution in [-0.2, 0) is 16.6 Å². The van der Waals surface area contributed by atoms with E-state index in [1.165, 1.54) is 4.31 Å². The van der Waals surface area contributed by atoms with Gasteiger partial charge in [0, 0.05) is 31.9 Å². The fourth-order valence-electron chi connectivity index (χ4n) is 1.90. The Hall–Kier alpha value is -1.86. The predicted molar refractivity (Wildman–Crippen MR) is 77.8 cm³/mol. The van der Waals surface area contributed by atoms with Crippen LogP contribution in [0.3, 0.4) is 0 Å². The third-order valence-electron chi connectivity index (χ3n) is 2.90. The van der Waals surface area contributed by atoms with Crippen LogP contribution in [0.5, 0.6) is 0 Å². The van der Waals surface area contributed by atoms with Gasteiger partial charge in [-0.25, -0.2) is 8.42 Å². The lowest BCUT2D eigenvalue weighted by atomic mass is 10.3. The monoisotopic (exact) mass is 294 g/mol. The molecule has 0 amide bonds. The number of rotatable bonds is 6. The van der Waals surface area contributed by atoms with Gasteiger partial charge in [0.05, 0.1) is 11.9 Å². The summed E-state index contributed by atoms with van der Waals surface area (Å²) < 4.78 is 26.5. The Kier molecular flexibility index (Phi) is 4.41. The maximum absolute atomic E-state index is 12.6. The van der Waals surface area contributed by atoms with Crippen molar-refractivity contribution < 1.29 is 8.42 Å². The van der Waals surface area contributed by atoms with Gasteiger partial charge in [0.15, 0.2) is 0 Å². The van der Waals surface area contributed by atoms with Gasteiger partial charge in [-0.1, -0.05) is 12.1 Å². The van der Waals surface area contributed by atoms with E-state index in [-0.39, 0.29) is 11.4 Å². The molecule has 0 spiro atoms. The molecule has 0 aliphatic carbocycles. The maximum Gasteiger partial charge on any atom is 0.245 e. The van der Waals surface area contributed by atoms with Crippen LogP contribution in [0.2, 0.25) is 0 Å². The van der Waals surface area contributed by atoms with E-state index < -0.39 is 10.0 Å². The number of hydrogen-bond donors (Lipinski definition) is 2. The van der Waals surface area contributed by atoms with Crippen molar-refractivity contribution in [3.05, 3.63) is 42.2 Å². The number of sulfonamides is 1. The number of aromatic amines is 1. The Morgan fingerprint density at radius 3 is 2.75 bits per heavy atom. The highest BCUT2D eigenvalue weighted by Crippen LogP contribution is 2.24. The van der Waals surface area contributed by atoms with Crippen molar-refractivity contribution in [3.63, 3.8) is 0 Å². The molecule has 7 heteroatoms. The van der Waals surface area contributed by atoms with Gasteiger partial charge >= 0.3 is 0 Å². The minimum atomic E-state index is -3.54. The smallest absolute Gasteiger partial charge is 0.245 e. The molecular weight excluding hydrogens is 276 g/mol. The first-order valence-electron chi connectivity index (χ1n) is 6.32. The fraction of sp³-hybridized carbons (Fsp3) is 0.308. The number of nitrogens with one attached hydrogen (secondary N) is 2. The summed E-state index contributed by atoms with van der Waals surface area (Å²) in [6, 6.07) is 6.91. The number of benzene rings is 1. The zero-order valence-electron chi connectivity index (χ0n) is 11.5. The molecule has 2 N–H and O–H groups in total. The van der Waals surface area contributed by atoms with E-state index in [4.69, 9.17) is 0 Å². The summed E-state index contributed by atoms with van der Waals surface area (Å²) in [6.07, 6.45) is 3.30. The summed E-state index contributed by atoms with van der Waals surface area (Å²) in [7, 11) is -1.98. The molecule has 0 saturated heterocycles. The molecule has 1 aromatic heterocycles. The van der Waals surface area contributed by atoms with Crippen molar-refractivity contribution in [2.45, 2.75) is 18.4 Å². The van der Waals surface area contributed by atoms with Crippen LogP contribution in [-0.4, -0.2) is 36.5 Å². The summed E-state index contributed by atoms with van der Waals surface area (Å²) in [5.41, 5.74) is 1.44. The summed E-state index contributed by atoms with van der Waals surface area (Å²) in [6.45, 7) is 2.87. The Labute approximate surface area is 118 Å². The lowest BCUT2D eigenvalue weighted by Crippen LogP contribution is -2.27. The molecule has 0 saturated carbocycles. The average molecular weight is 294 g/mol. The zero-order chi connectivity index (χ0) is 14.6. The minimum Gasteiger partial charge on any atom is -0.384 e. The maximum atomic E-state index is 12.6. The van der Waals surface area contributed by atoms with Crippen LogP contribution < -0.4 is 5.32 Å². The highest BCUT2D eigenvalue weighted by molar-refractivity contribution is 7.89. The molecule has 2 aromatic rings. The molecule has 2 rings (SSSR count).